The Morgan fingerprint density at radius 2 is 1.71 bits per heavy atom. The number of carbonyl (C=O) groups excluding carboxylic acids is 2. The molecule has 2 heterocycles. The minimum absolute atomic E-state index is 0.00899. The molecule has 2 amide bonds. The Balaban J connectivity index is 1.56. The van der Waals surface area contributed by atoms with E-state index in [0.717, 1.165) is 5.56 Å². The highest BCUT2D eigenvalue weighted by Crippen LogP contribution is 2.36. The van der Waals surface area contributed by atoms with Gasteiger partial charge in [0.25, 0.3) is 5.91 Å². The molecule has 0 saturated carbocycles. The van der Waals surface area contributed by atoms with Crippen LogP contribution in [0.5, 0.6) is 5.75 Å². The monoisotopic (exact) mass is 465 g/mol. The van der Waals surface area contributed by atoms with Crippen LogP contribution >= 0.6 is 23.2 Å². The first-order chi connectivity index (χ1) is 14.6. The molecule has 1 aliphatic heterocycles. The molecule has 0 atom stereocenters. The fourth-order valence-electron chi connectivity index (χ4n) is 3.31. The number of piperazine rings is 1. The number of benzene rings is 1. The number of anilines is 1. The average Bonchev–Trinajstić information content (AvgIpc) is 2.72. The fourth-order valence-corrected chi connectivity index (χ4v) is 3.84. The molecule has 8 nitrogen and oxygen atoms in total. The molecule has 0 spiro atoms. The van der Waals surface area contributed by atoms with Gasteiger partial charge in [0.2, 0.25) is 5.91 Å². The maximum atomic E-state index is 12.6. The number of phenolic OH excluding ortho intramolecular Hbond substituents is 1. The van der Waals surface area contributed by atoms with E-state index < -0.39 is 0 Å². The maximum Gasteiger partial charge on any atom is 0.274 e. The number of amides is 2. The lowest BCUT2D eigenvalue weighted by molar-refractivity contribution is -0.130. The third-order valence-electron chi connectivity index (χ3n) is 5.08. The number of rotatable bonds is 4. The largest absolute Gasteiger partial charge is 0.506 e. The van der Waals surface area contributed by atoms with Gasteiger partial charge < -0.3 is 20.2 Å². The smallest absolute Gasteiger partial charge is 0.274 e. The van der Waals surface area contributed by atoms with Crippen LogP contribution in [-0.2, 0) is 10.2 Å². The van der Waals surface area contributed by atoms with Gasteiger partial charge in [0.15, 0.2) is 0 Å². The van der Waals surface area contributed by atoms with Crippen molar-refractivity contribution in [1.29, 1.82) is 0 Å². The highest BCUT2D eigenvalue weighted by atomic mass is 35.5. The Labute approximate surface area is 191 Å². The number of hydrogen-bond acceptors (Lipinski definition) is 6. The molecule has 0 radical (unpaired) electrons. The van der Waals surface area contributed by atoms with Crippen LogP contribution in [0.25, 0.3) is 0 Å². The Kier molecular flexibility index (Phi) is 6.91. The van der Waals surface area contributed by atoms with E-state index in [1.54, 1.807) is 15.9 Å². The van der Waals surface area contributed by atoms with Gasteiger partial charge in [-0.3, -0.25) is 9.59 Å². The minimum Gasteiger partial charge on any atom is -0.506 e. The summed E-state index contributed by atoms with van der Waals surface area (Å²) >= 11 is 12.0. The van der Waals surface area contributed by atoms with Crippen molar-refractivity contribution in [2.75, 3.05) is 38.0 Å². The molecule has 31 heavy (non-hydrogen) atoms. The number of nitrogens with zero attached hydrogens (tertiary/aromatic N) is 4. The van der Waals surface area contributed by atoms with Gasteiger partial charge in [-0.05, 0) is 17.0 Å². The second-order valence-electron chi connectivity index (χ2n) is 8.35. The Bertz CT molecular complexity index is 968. The van der Waals surface area contributed by atoms with Crippen molar-refractivity contribution < 1.29 is 14.7 Å². The van der Waals surface area contributed by atoms with E-state index in [9.17, 15) is 14.7 Å². The van der Waals surface area contributed by atoms with Gasteiger partial charge in [0, 0.05) is 37.3 Å². The number of phenols is 1. The first kappa shape index (κ1) is 23.1. The molecule has 3 rings (SSSR count). The average molecular weight is 466 g/mol. The van der Waals surface area contributed by atoms with Gasteiger partial charge in [-0.1, -0.05) is 44.0 Å². The van der Waals surface area contributed by atoms with Crippen LogP contribution in [0.1, 0.15) is 36.8 Å². The van der Waals surface area contributed by atoms with Crippen LogP contribution in [0, 0.1) is 0 Å². The van der Waals surface area contributed by atoms with Crippen LogP contribution in [-0.4, -0.2) is 69.4 Å². The standard InChI is InChI=1S/C21H25Cl2N5O3/c1-21(2,3)13-8-15(17(29)9-14(13)22)25-12-19(30)27-4-6-28(7-5-27)20(31)16-10-26-18(23)11-24-16/h8-11,25,29H,4-7,12H2,1-3H3. The molecule has 10 heteroatoms. The summed E-state index contributed by atoms with van der Waals surface area (Å²) < 4.78 is 0. The number of halogens is 2. The highest BCUT2D eigenvalue weighted by molar-refractivity contribution is 6.31. The number of carbonyl (C=O) groups is 2. The lowest BCUT2D eigenvalue weighted by atomic mass is 9.86. The summed E-state index contributed by atoms with van der Waals surface area (Å²) in [5.41, 5.74) is 1.35. The summed E-state index contributed by atoms with van der Waals surface area (Å²) in [5, 5.41) is 13.9. The van der Waals surface area contributed by atoms with Crippen molar-refractivity contribution in [2.24, 2.45) is 0 Å². The fraction of sp³-hybridized carbons (Fsp3) is 0.429. The zero-order valence-electron chi connectivity index (χ0n) is 17.7. The second kappa shape index (κ2) is 9.28. The Morgan fingerprint density at radius 3 is 2.29 bits per heavy atom. The quantitative estimate of drug-likeness (QED) is 0.672. The van der Waals surface area contributed by atoms with Gasteiger partial charge in [0.1, 0.15) is 16.6 Å². The normalized spacial score (nSPS) is 14.5. The van der Waals surface area contributed by atoms with Crippen molar-refractivity contribution in [3.63, 3.8) is 0 Å². The molecule has 2 N–H and O–H groups in total. The molecule has 1 aromatic heterocycles. The van der Waals surface area contributed by atoms with Gasteiger partial charge in [-0.25, -0.2) is 9.97 Å². The number of aromatic nitrogens is 2. The molecule has 0 aliphatic carbocycles. The predicted octanol–water partition coefficient (Wildman–Crippen LogP) is 3.18. The van der Waals surface area contributed by atoms with Crippen LogP contribution in [0.4, 0.5) is 5.69 Å². The topological polar surface area (TPSA) is 98.7 Å². The van der Waals surface area contributed by atoms with E-state index in [1.807, 2.05) is 20.8 Å². The zero-order valence-corrected chi connectivity index (χ0v) is 19.2. The number of aromatic hydroxyl groups is 1. The van der Waals surface area contributed by atoms with E-state index in [1.165, 1.54) is 18.5 Å². The molecule has 166 valence electrons. The van der Waals surface area contributed by atoms with Gasteiger partial charge in [-0.15, -0.1) is 0 Å². The molecule has 1 saturated heterocycles. The molecular formula is C21H25Cl2N5O3. The lowest BCUT2D eigenvalue weighted by Gasteiger charge is -2.34. The summed E-state index contributed by atoms with van der Waals surface area (Å²) in [6.45, 7) is 7.71. The summed E-state index contributed by atoms with van der Waals surface area (Å²) in [6.07, 6.45) is 2.67. The summed E-state index contributed by atoms with van der Waals surface area (Å²) in [7, 11) is 0. The van der Waals surface area contributed by atoms with Crippen molar-refractivity contribution in [1.82, 2.24) is 19.8 Å². The lowest BCUT2D eigenvalue weighted by Crippen LogP contribution is -2.51. The third kappa shape index (κ3) is 5.57. The summed E-state index contributed by atoms with van der Waals surface area (Å²) in [5.74, 6) is -0.370. The number of hydrogen-bond donors (Lipinski definition) is 2. The van der Waals surface area contributed by atoms with E-state index >= 15 is 0 Å². The summed E-state index contributed by atoms with van der Waals surface area (Å²) in [4.78, 5) is 36.3. The van der Waals surface area contributed by atoms with Gasteiger partial charge >= 0.3 is 0 Å². The maximum absolute atomic E-state index is 12.6. The third-order valence-corrected chi connectivity index (χ3v) is 5.59. The van der Waals surface area contributed by atoms with E-state index in [0.29, 0.717) is 36.9 Å². The number of nitrogens with one attached hydrogen (secondary N) is 1. The highest BCUT2D eigenvalue weighted by Gasteiger charge is 2.26. The second-order valence-corrected chi connectivity index (χ2v) is 9.14. The van der Waals surface area contributed by atoms with Crippen LogP contribution < -0.4 is 5.32 Å². The van der Waals surface area contributed by atoms with Crippen molar-refractivity contribution in [3.8, 4) is 5.75 Å². The first-order valence-electron chi connectivity index (χ1n) is 9.87. The molecule has 1 aromatic carbocycles. The molecule has 1 aliphatic rings. The van der Waals surface area contributed by atoms with E-state index in [-0.39, 0.29) is 40.4 Å². The predicted molar refractivity (Wildman–Crippen MR) is 120 cm³/mol. The van der Waals surface area contributed by atoms with Crippen molar-refractivity contribution >= 4 is 40.7 Å². The van der Waals surface area contributed by atoms with E-state index in [4.69, 9.17) is 23.2 Å². The molecule has 1 fully saturated rings. The van der Waals surface area contributed by atoms with Crippen LogP contribution in [0.2, 0.25) is 10.2 Å². The van der Waals surface area contributed by atoms with E-state index in [2.05, 4.69) is 15.3 Å². The molecule has 0 bridgehead atoms. The molecular weight excluding hydrogens is 441 g/mol. The van der Waals surface area contributed by atoms with Crippen LogP contribution in [0.3, 0.4) is 0 Å². The summed E-state index contributed by atoms with van der Waals surface area (Å²) in [6, 6.07) is 3.26. The molecule has 2 aromatic rings. The SMILES string of the molecule is CC(C)(C)c1cc(NCC(=O)N2CCN(C(=O)c3cnc(Cl)cn3)CC2)c(O)cc1Cl. The van der Waals surface area contributed by atoms with Crippen molar-refractivity contribution in [2.45, 2.75) is 26.2 Å². The van der Waals surface area contributed by atoms with Crippen LogP contribution in [0.15, 0.2) is 24.5 Å². The van der Waals surface area contributed by atoms with Crippen molar-refractivity contribution in [3.05, 3.63) is 46.0 Å². The minimum atomic E-state index is -0.241. The first-order valence-corrected chi connectivity index (χ1v) is 10.6. The van der Waals surface area contributed by atoms with Gasteiger partial charge in [0.05, 0.1) is 24.6 Å². The Morgan fingerprint density at radius 1 is 1.06 bits per heavy atom. The Hall–Kier alpha value is -2.58. The zero-order chi connectivity index (χ0) is 22.8. The molecule has 0 unspecified atom stereocenters. The van der Waals surface area contributed by atoms with Gasteiger partial charge in [-0.2, -0.15) is 0 Å².